The largest absolute Gasteiger partial charge is 0.354 e. The topological polar surface area (TPSA) is 86.8 Å². The quantitative estimate of drug-likeness (QED) is 0.176. The van der Waals surface area contributed by atoms with E-state index in [1.165, 1.54) is 17.0 Å². The number of rotatable bonds is 14. The Morgan fingerprint density at radius 3 is 2.05 bits per heavy atom. The number of anilines is 1. The number of carbonyl (C=O) groups excluding carboxylic acids is 2. The third-order valence-electron chi connectivity index (χ3n) is 7.63. The first-order chi connectivity index (χ1) is 21.2. The number of nitrogens with one attached hydrogen (secondary N) is 1. The Balaban J connectivity index is 1.78. The minimum atomic E-state index is -4.11. The van der Waals surface area contributed by atoms with E-state index < -0.39 is 28.5 Å². The molecular formula is C36H41N3O4S. The van der Waals surface area contributed by atoms with E-state index in [-0.39, 0.29) is 23.8 Å². The molecule has 4 aromatic rings. The molecule has 4 aromatic carbocycles. The van der Waals surface area contributed by atoms with Gasteiger partial charge in [0, 0.05) is 19.5 Å². The highest BCUT2D eigenvalue weighted by Crippen LogP contribution is 2.25. The van der Waals surface area contributed by atoms with Crippen LogP contribution in [-0.4, -0.2) is 44.3 Å². The third-order valence-corrected chi connectivity index (χ3v) is 9.42. The molecule has 0 aliphatic carbocycles. The van der Waals surface area contributed by atoms with Crippen LogP contribution in [0.2, 0.25) is 0 Å². The number of unbranched alkanes of at least 4 members (excludes halogenated alkanes) is 1. The first kappa shape index (κ1) is 32.5. The van der Waals surface area contributed by atoms with Crippen molar-refractivity contribution < 1.29 is 18.0 Å². The van der Waals surface area contributed by atoms with Crippen LogP contribution in [0.4, 0.5) is 5.69 Å². The molecule has 0 spiro atoms. The maximum absolute atomic E-state index is 14.5. The Kier molecular flexibility index (Phi) is 11.3. The molecule has 0 radical (unpaired) electrons. The van der Waals surface area contributed by atoms with Crippen molar-refractivity contribution >= 4 is 27.5 Å². The van der Waals surface area contributed by atoms with E-state index >= 15 is 0 Å². The van der Waals surface area contributed by atoms with Gasteiger partial charge in [0.1, 0.15) is 12.6 Å². The second-order valence-electron chi connectivity index (χ2n) is 11.0. The molecule has 0 aliphatic rings. The zero-order valence-corrected chi connectivity index (χ0v) is 26.5. The van der Waals surface area contributed by atoms with Crippen LogP contribution in [0.3, 0.4) is 0 Å². The molecule has 0 saturated carbocycles. The van der Waals surface area contributed by atoms with Gasteiger partial charge in [0.05, 0.1) is 10.6 Å². The summed E-state index contributed by atoms with van der Waals surface area (Å²) in [5.74, 6) is -0.739. The van der Waals surface area contributed by atoms with Gasteiger partial charge in [-0.05, 0) is 61.2 Å². The molecule has 44 heavy (non-hydrogen) atoms. The molecule has 2 amide bonds. The summed E-state index contributed by atoms with van der Waals surface area (Å²) in [6, 6.07) is 31.6. The Hall–Kier alpha value is -4.43. The smallest absolute Gasteiger partial charge is 0.264 e. The second-order valence-corrected chi connectivity index (χ2v) is 12.8. The molecular weight excluding hydrogens is 570 g/mol. The molecule has 0 fully saturated rings. The molecule has 8 heteroatoms. The van der Waals surface area contributed by atoms with Gasteiger partial charge in [0.15, 0.2) is 0 Å². The maximum Gasteiger partial charge on any atom is 0.264 e. The van der Waals surface area contributed by atoms with E-state index in [1.54, 1.807) is 30.3 Å². The summed E-state index contributed by atoms with van der Waals surface area (Å²) in [6.07, 6.45) is 2.01. The van der Waals surface area contributed by atoms with Gasteiger partial charge in [-0.2, -0.15) is 0 Å². The fourth-order valence-electron chi connectivity index (χ4n) is 4.99. The number of carbonyl (C=O) groups is 2. The van der Waals surface area contributed by atoms with Crippen LogP contribution in [0.5, 0.6) is 0 Å². The molecule has 0 saturated heterocycles. The molecule has 0 aromatic heterocycles. The zero-order chi connectivity index (χ0) is 31.5. The molecule has 1 atom stereocenters. The Labute approximate surface area is 261 Å². The van der Waals surface area contributed by atoms with E-state index in [1.807, 2.05) is 80.6 Å². The average Bonchev–Trinajstić information content (AvgIpc) is 3.03. The Morgan fingerprint density at radius 2 is 1.41 bits per heavy atom. The first-order valence-corrected chi connectivity index (χ1v) is 16.4. The minimum absolute atomic E-state index is 0.0805. The van der Waals surface area contributed by atoms with Crippen molar-refractivity contribution in [2.24, 2.45) is 0 Å². The van der Waals surface area contributed by atoms with Gasteiger partial charge >= 0.3 is 0 Å². The Bertz CT molecular complexity index is 1630. The van der Waals surface area contributed by atoms with Gasteiger partial charge in [-0.3, -0.25) is 13.9 Å². The highest BCUT2D eigenvalue weighted by molar-refractivity contribution is 7.92. The van der Waals surface area contributed by atoms with Crippen molar-refractivity contribution in [1.29, 1.82) is 0 Å². The summed E-state index contributed by atoms with van der Waals surface area (Å²) in [4.78, 5) is 29.9. The highest BCUT2D eigenvalue weighted by Gasteiger charge is 2.34. The van der Waals surface area contributed by atoms with E-state index in [2.05, 4.69) is 12.2 Å². The summed E-state index contributed by atoms with van der Waals surface area (Å²) in [6.45, 7) is 6.10. The van der Waals surface area contributed by atoms with Crippen LogP contribution < -0.4 is 9.62 Å². The molecule has 7 nitrogen and oxygen atoms in total. The number of aryl methyl sites for hydroxylation is 2. The SMILES string of the molecule is CCCCNC(=O)C(Cc1ccccc1)N(Cc1ccccc1C)C(=O)CN(c1ccc(C)cc1)S(=O)(=O)c1ccccc1. The van der Waals surface area contributed by atoms with Crippen LogP contribution in [0, 0.1) is 13.8 Å². The molecule has 1 N–H and O–H groups in total. The van der Waals surface area contributed by atoms with Gasteiger partial charge in [-0.1, -0.05) is 104 Å². The number of sulfonamides is 1. The summed E-state index contributed by atoms with van der Waals surface area (Å²) in [5.41, 5.74) is 4.09. The lowest BCUT2D eigenvalue weighted by atomic mass is 10.0. The predicted octanol–water partition coefficient (Wildman–Crippen LogP) is 6.06. The number of benzene rings is 4. The molecule has 1 unspecified atom stereocenters. The van der Waals surface area contributed by atoms with Crippen molar-refractivity contribution in [3.05, 3.63) is 131 Å². The molecule has 0 heterocycles. The van der Waals surface area contributed by atoms with Crippen molar-refractivity contribution in [3.8, 4) is 0 Å². The van der Waals surface area contributed by atoms with E-state index in [9.17, 15) is 18.0 Å². The van der Waals surface area contributed by atoms with Gasteiger partial charge < -0.3 is 10.2 Å². The summed E-state index contributed by atoms with van der Waals surface area (Å²) < 4.78 is 29.2. The van der Waals surface area contributed by atoms with Crippen LogP contribution in [0.15, 0.2) is 114 Å². The first-order valence-electron chi connectivity index (χ1n) is 15.0. The van der Waals surface area contributed by atoms with Crippen LogP contribution in [0.1, 0.15) is 42.0 Å². The minimum Gasteiger partial charge on any atom is -0.354 e. The molecule has 0 bridgehead atoms. The van der Waals surface area contributed by atoms with Gasteiger partial charge in [0.25, 0.3) is 10.0 Å². The molecule has 0 aliphatic heterocycles. The van der Waals surface area contributed by atoms with Crippen LogP contribution in [0.25, 0.3) is 0 Å². The number of nitrogens with zero attached hydrogens (tertiary/aromatic N) is 2. The Morgan fingerprint density at radius 1 is 0.795 bits per heavy atom. The maximum atomic E-state index is 14.5. The molecule has 4 rings (SSSR count). The average molecular weight is 612 g/mol. The number of hydrogen-bond donors (Lipinski definition) is 1. The van der Waals surface area contributed by atoms with E-state index in [0.717, 1.165) is 39.4 Å². The van der Waals surface area contributed by atoms with Crippen molar-refractivity contribution in [3.63, 3.8) is 0 Å². The van der Waals surface area contributed by atoms with Crippen LogP contribution in [-0.2, 0) is 32.6 Å². The third kappa shape index (κ3) is 8.35. The lowest BCUT2D eigenvalue weighted by molar-refractivity contribution is -0.140. The van der Waals surface area contributed by atoms with Crippen molar-refractivity contribution in [2.75, 3.05) is 17.4 Å². The molecule has 230 valence electrons. The van der Waals surface area contributed by atoms with Crippen LogP contribution >= 0.6 is 0 Å². The fourth-order valence-corrected chi connectivity index (χ4v) is 6.43. The van der Waals surface area contributed by atoms with E-state index in [0.29, 0.717) is 12.2 Å². The number of amides is 2. The van der Waals surface area contributed by atoms with Gasteiger partial charge in [-0.25, -0.2) is 8.42 Å². The normalized spacial score (nSPS) is 11.9. The van der Waals surface area contributed by atoms with E-state index in [4.69, 9.17) is 0 Å². The van der Waals surface area contributed by atoms with Crippen molar-refractivity contribution in [2.45, 2.75) is 57.5 Å². The van der Waals surface area contributed by atoms with Crippen molar-refractivity contribution in [1.82, 2.24) is 10.2 Å². The highest BCUT2D eigenvalue weighted by atomic mass is 32.2. The summed E-state index contributed by atoms with van der Waals surface area (Å²) in [5, 5.41) is 3.02. The second kappa shape index (κ2) is 15.3. The fraction of sp³-hybridized carbons (Fsp3) is 0.278. The standard InChI is InChI=1S/C36H41N3O4S/c1-4-5-24-37-36(41)34(25-30-15-8-6-9-16-30)38(26-31-17-13-12-14-29(31)3)35(40)27-39(32-22-20-28(2)21-23-32)44(42,43)33-18-10-7-11-19-33/h6-23,34H,4-5,24-27H2,1-3H3,(H,37,41). The summed E-state index contributed by atoms with van der Waals surface area (Å²) in [7, 11) is -4.11. The summed E-state index contributed by atoms with van der Waals surface area (Å²) >= 11 is 0. The lowest BCUT2D eigenvalue weighted by Gasteiger charge is -2.34. The lowest BCUT2D eigenvalue weighted by Crippen LogP contribution is -2.53. The number of hydrogen-bond acceptors (Lipinski definition) is 4. The zero-order valence-electron chi connectivity index (χ0n) is 25.6. The predicted molar refractivity (Wildman–Crippen MR) is 176 cm³/mol. The van der Waals surface area contributed by atoms with Gasteiger partial charge in [-0.15, -0.1) is 0 Å². The monoisotopic (exact) mass is 611 g/mol. The van der Waals surface area contributed by atoms with Gasteiger partial charge in [0.2, 0.25) is 11.8 Å².